The van der Waals surface area contributed by atoms with E-state index in [1.807, 2.05) is 36.4 Å². The first-order valence-electron chi connectivity index (χ1n) is 14.4. The van der Waals surface area contributed by atoms with E-state index in [-0.39, 0.29) is 13.1 Å². The Kier molecular flexibility index (Phi) is 9.95. The molecule has 0 spiro atoms. The zero-order valence-electron chi connectivity index (χ0n) is 25.2. The minimum Gasteiger partial charge on any atom is -0.497 e. The Hall–Kier alpha value is -3.96. The van der Waals surface area contributed by atoms with Crippen molar-refractivity contribution in [2.24, 2.45) is 11.8 Å². The van der Waals surface area contributed by atoms with Crippen molar-refractivity contribution in [1.29, 1.82) is 0 Å². The number of Topliss-reactive ketones (excluding diaryl/α,β-unsaturated/α-hetero) is 1. The van der Waals surface area contributed by atoms with Crippen molar-refractivity contribution >= 4 is 28.5 Å². The van der Waals surface area contributed by atoms with E-state index >= 15 is 0 Å². The molecule has 0 saturated heterocycles. The Balaban J connectivity index is 0.00000484. The summed E-state index contributed by atoms with van der Waals surface area (Å²) >= 11 is 0. The number of nitrogens with one attached hydrogen (secondary N) is 1. The van der Waals surface area contributed by atoms with Crippen LogP contribution in [0.25, 0.3) is 11.1 Å². The van der Waals surface area contributed by atoms with Gasteiger partial charge in [0.25, 0.3) is 5.91 Å². The number of ether oxygens (including phenoxy) is 1. The Bertz CT molecular complexity index is 1450. The molecule has 216 valence electrons. The standard InChI is InChI=1S/C36H42N2O3.H2/c1-24(2)10-11-26(20-27-12-14-28(15-13-27)23-38(4)5)16-18-32(30-8-7-9-31(21-30)41-6)35-33-22-29(25(3)39)17-19-34(33)37-36(35)40;/h7-15,17,19,21-22,24,26H,16,18,20,23H2,1-6H3,(H,37,40);1H/b11-10+,35-32+;. The van der Waals surface area contributed by atoms with Gasteiger partial charge in [-0.05, 0) is 105 Å². The number of allylic oxidation sites excluding steroid dienone is 3. The fourth-order valence-electron chi connectivity index (χ4n) is 5.33. The zero-order chi connectivity index (χ0) is 29.5. The second-order valence-electron chi connectivity index (χ2n) is 11.5. The number of fused-ring (bicyclic) bond motifs is 1. The van der Waals surface area contributed by atoms with Crippen molar-refractivity contribution in [3.05, 3.63) is 107 Å². The summed E-state index contributed by atoms with van der Waals surface area (Å²) in [7, 11) is 5.82. The van der Waals surface area contributed by atoms with Crippen LogP contribution in [0.3, 0.4) is 0 Å². The molecule has 0 aromatic heterocycles. The lowest BCUT2D eigenvalue weighted by Crippen LogP contribution is -2.10. The van der Waals surface area contributed by atoms with Gasteiger partial charge in [-0.2, -0.15) is 0 Å². The van der Waals surface area contributed by atoms with Crippen LogP contribution in [0, 0.1) is 11.8 Å². The monoisotopic (exact) mass is 552 g/mol. The molecular formula is C36H44N2O3. The summed E-state index contributed by atoms with van der Waals surface area (Å²) in [6, 6.07) is 22.2. The van der Waals surface area contributed by atoms with E-state index in [1.54, 1.807) is 20.1 Å². The van der Waals surface area contributed by atoms with Gasteiger partial charge in [0.1, 0.15) is 5.75 Å². The fraction of sp³-hybridized carbons (Fsp3) is 0.333. The second-order valence-corrected chi connectivity index (χ2v) is 11.5. The van der Waals surface area contributed by atoms with Gasteiger partial charge in [0.05, 0.1) is 12.7 Å². The van der Waals surface area contributed by atoms with E-state index in [9.17, 15) is 9.59 Å². The van der Waals surface area contributed by atoms with Crippen molar-refractivity contribution in [3.63, 3.8) is 0 Å². The van der Waals surface area contributed by atoms with E-state index in [4.69, 9.17) is 4.74 Å². The zero-order valence-corrected chi connectivity index (χ0v) is 25.2. The SMILES string of the molecule is COc1cccc(/C(CCC(/C=C/C(C)C)Cc2ccc(CN(C)C)cc2)=C2/C(=O)Nc3ccc(C(C)=O)cc32)c1.[HH]. The third kappa shape index (κ3) is 7.83. The summed E-state index contributed by atoms with van der Waals surface area (Å²) in [6.07, 6.45) is 7.10. The summed E-state index contributed by atoms with van der Waals surface area (Å²) in [6.45, 7) is 6.86. The highest BCUT2D eigenvalue weighted by Gasteiger charge is 2.29. The molecule has 5 heteroatoms. The van der Waals surface area contributed by atoms with Crippen molar-refractivity contribution in [1.82, 2.24) is 4.90 Å². The molecule has 0 aliphatic carbocycles. The average molecular weight is 553 g/mol. The normalized spacial score (nSPS) is 14.9. The average Bonchev–Trinajstić information content (AvgIpc) is 3.27. The number of hydrogen-bond donors (Lipinski definition) is 1. The van der Waals surface area contributed by atoms with Gasteiger partial charge in [-0.25, -0.2) is 0 Å². The lowest BCUT2D eigenvalue weighted by Gasteiger charge is -2.18. The van der Waals surface area contributed by atoms with Gasteiger partial charge in [0.2, 0.25) is 0 Å². The van der Waals surface area contributed by atoms with Crippen molar-refractivity contribution in [2.45, 2.75) is 46.6 Å². The summed E-state index contributed by atoms with van der Waals surface area (Å²) in [5.74, 6) is 1.33. The smallest absolute Gasteiger partial charge is 0.256 e. The highest BCUT2D eigenvalue weighted by Crippen LogP contribution is 2.41. The Morgan fingerprint density at radius 1 is 0.976 bits per heavy atom. The van der Waals surface area contributed by atoms with Crippen LogP contribution in [0.2, 0.25) is 0 Å². The van der Waals surface area contributed by atoms with Gasteiger partial charge in [-0.15, -0.1) is 0 Å². The first-order valence-corrected chi connectivity index (χ1v) is 14.4. The number of rotatable bonds is 12. The first kappa shape index (κ1) is 30.0. The predicted octanol–water partition coefficient (Wildman–Crippen LogP) is 7.92. The van der Waals surface area contributed by atoms with Crippen molar-refractivity contribution in [3.8, 4) is 5.75 Å². The molecule has 1 aliphatic heterocycles. The largest absolute Gasteiger partial charge is 0.497 e. The van der Waals surface area contributed by atoms with Gasteiger partial charge in [-0.1, -0.05) is 62.4 Å². The van der Waals surface area contributed by atoms with E-state index in [1.165, 1.54) is 11.1 Å². The Morgan fingerprint density at radius 3 is 2.37 bits per heavy atom. The summed E-state index contributed by atoms with van der Waals surface area (Å²) < 4.78 is 5.54. The number of ketones is 1. The number of amides is 1. The highest BCUT2D eigenvalue weighted by atomic mass is 16.5. The van der Waals surface area contributed by atoms with Crippen LogP contribution < -0.4 is 10.1 Å². The molecule has 0 fully saturated rings. The summed E-state index contributed by atoms with van der Waals surface area (Å²) in [5, 5.41) is 3.02. The quantitative estimate of drug-likeness (QED) is 0.141. The predicted molar refractivity (Wildman–Crippen MR) is 171 cm³/mol. The molecule has 1 N–H and O–H groups in total. The molecular weight excluding hydrogens is 508 g/mol. The molecule has 3 aromatic carbocycles. The van der Waals surface area contributed by atoms with Crippen LogP contribution in [0.15, 0.2) is 78.9 Å². The molecule has 0 radical (unpaired) electrons. The van der Waals surface area contributed by atoms with E-state index in [0.717, 1.165) is 47.5 Å². The first-order chi connectivity index (χ1) is 19.6. The van der Waals surface area contributed by atoms with E-state index in [0.29, 0.717) is 29.4 Å². The van der Waals surface area contributed by atoms with Crippen LogP contribution in [0.4, 0.5) is 5.69 Å². The van der Waals surface area contributed by atoms with Crippen LogP contribution in [0.1, 0.15) is 67.7 Å². The van der Waals surface area contributed by atoms with Gasteiger partial charge in [-0.3, -0.25) is 9.59 Å². The Labute approximate surface area is 246 Å². The molecule has 5 nitrogen and oxygen atoms in total. The molecule has 4 rings (SSSR count). The molecule has 1 unspecified atom stereocenters. The maximum absolute atomic E-state index is 13.4. The van der Waals surface area contributed by atoms with Crippen molar-refractivity contribution < 1.29 is 15.8 Å². The van der Waals surface area contributed by atoms with Gasteiger partial charge in [0, 0.05) is 24.8 Å². The van der Waals surface area contributed by atoms with Gasteiger partial charge < -0.3 is 15.0 Å². The van der Waals surface area contributed by atoms with E-state index < -0.39 is 0 Å². The Morgan fingerprint density at radius 2 is 1.71 bits per heavy atom. The van der Waals surface area contributed by atoms with Crippen molar-refractivity contribution in [2.75, 3.05) is 26.5 Å². The molecule has 1 amide bonds. The number of carbonyl (C=O) groups excluding carboxylic acids is 2. The molecule has 41 heavy (non-hydrogen) atoms. The molecule has 1 aliphatic rings. The number of carbonyl (C=O) groups is 2. The van der Waals surface area contributed by atoms with E-state index in [2.05, 4.69) is 74.6 Å². The lowest BCUT2D eigenvalue weighted by atomic mass is 9.86. The van der Waals surface area contributed by atoms with Gasteiger partial charge >= 0.3 is 0 Å². The highest BCUT2D eigenvalue weighted by molar-refractivity contribution is 6.37. The number of benzene rings is 3. The molecule has 0 bridgehead atoms. The fourth-order valence-corrected chi connectivity index (χ4v) is 5.33. The number of hydrogen-bond acceptors (Lipinski definition) is 4. The van der Waals surface area contributed by atoms with Crippen LogP contribution in [-0.2, 0) is 17.8 Å². The minimum atomic E-state index is -0.135. The number of methoxy groups -OCH3 is 1. The maximum Gasteiger partial charge on any atom is 0.256 e. The molecule has 1 atom stereocenters. The topological polar surface area (TPSA) is 58.6 Å². The second kappa shape index (κ2) is 13.6. The summed E-state index contributed by atoms with van der Waals surface area (Å²) in [5.41, 5.74) is 7.27. The minimum absolute atomic E-state index is 0. The molecule has 0 saturated carbocycles. The third-order valence-corrected chi connectivity index (χ3v) is 7.44. The summed E-state index contributed by atoms with van der Waals surface area (Å²) in [4.78, 5) is 27.8. The van der Waals surface area contributed by atoms with Crippen LogP contribution >= 0.6 is 0 Å². The third-order valence-electron chi connectivity index (χ3n) is 7.44. The van der Waals surface area contributed by atoms with Gasteiger partial charge in [0.15, 0.2) is 5.78 Å². The lowest BCUT2D eigenvalue weighted by molar-refractivity contribution is -0.110. The number of anilines is 1. The van der Waals surface area contributed by atoms with Crippen LogP contribution in [0.5, 0.6) is 5.75 Å². The van der Waals surface area contributed by atoms with Crippen LogP contribution in [-0.4, -0.2) is 37.8 Å². The number of nitrogens with zero attached hydrogens (tertiary/aromatic N) is 1. The molecule has 1 heterocycles. The maximum atomic E-state index is 13.4. The molecule has 3 aromatic rings.